The third-order valence-electron chi connectivity index (χ3n) is 3.78. The molecule has 28 heavy (non-hydrogen) atoms. The lowest BCUT2D eigenvalue weighted by molar-refractivity contribution is -0.122. The first kappa shape index (κ1) is 21.5. The van der Waals surface area contributed by atoms with Gasteiger partial charge in [-0.15, -0.1) is 24.4 Å². The van der Waals surface area contributed by atoms with Crippen LogP contribution in [-0.2, 0) is 4.79 Å². The predicted octanol–water partition coefficient (Wildman–Crippen LogP) is 3.63. The van der Waals surface area contributed by atoms with E-state index >= 15 is 0 Å². The number of benzene rings is 2. The number of aromatic nitrogens is 2. The molecule has 3 aromatic rings. The average molecular weight is 416 g/mol. The van der Waals surface area contributed by atoms with Gasteiger partial charge in [-0.25, -0.2) is 9.97 Å². The maximum Gasteiger partial charge on any atom is 0.241 e. The molecule has 0 radical (unpaired) electrons. The Morgan fingerprint density at radius 1 is 1.18 bits per heavy atom. The number of anilines is 2. The second-order valence-corrected chi connectivity index (χ2v) is 6.41. The minimum atomic E-state index is -0.804. The summed E-state index contributed by atoms with van der Waals surface area (Å²) < 4.78 is 0. The molecule has 6 nitrogen and oxygen atoms in total. The maximum absolute atomic E-state index is 12.1. The van der Waals surface area contributed by atoms with Crippen LogP contribution in [0.25, 0.3) is 10.9 Å². The van der Waals surface area contributed by atoms with Gasteiger partial charge in [0.1, 0.15) is 18.2 Å². The minimum Gasteiger partial charge on any atom is -0.353 e. The number of rotatable bonds is 6. The van der Waals surface area contributed by atoms with Crippen molar-refractivity contribution in [1.29, 1.82) is 0 Å². The van der Waals surface area contributed by atoms with Crippen LogP contribution < -0.4 is 16.4 Å². The third kappa shape index (κ3) is 5.33. The highest BCUT2D eigenvalue weighted by molar-refractivity contribution is 6.30. The molecule has 8 heteroatoms. The Hall–Kier alpha value is -2.85. The van der Waals surface area contributed by atoms with E-state index in [2.05, 4.69) is 33.4 Å². The largest absolute Gasteiger partial charge is 0.353 e. The van der Waals surface area contributed by atoms with Crippen LogP contribution in [0.15, 0.2) is 48.8 Å². The van der Waals surface area contributed by atoms with E-state index in [1.165, 1.54) is 6.33 Å². The lowest BCUT2D eigenvalue weighted by Crippen LogP contribution is -2.35. The summed E-state index contributed by atoms with van der Waals surface area (Å²) in [5, 5.41) is 7.28. The van der Waals surface area contributed by atoms with Gasteiger partial charge in [0, 0.05) is 28.5 Å². The number of alkyl halides is 1. The summed E-state index contributed by atoms with van der Waals surface area (Å²) in [5.41, 5.74) is 8.26. The summed E-state index contributed by atoms with van der Waals surface area (Å²) in [7, 11) is 0. The van der Waals surface area contributed by atoms with Gasteiger partial charge in [-0.2, -0.15) is 0 Å². The molecular weight excluding hydrogens is 397 g/mol. The van der Waals surface area contributed by atoms with Crippen LogP contribution in [0.1, 0.15) is 11.6 Å². The molecule has 0 aliphatic rings. The van der Waals surface area contributed by atoms with Crippen LogP contribution in [0.5, 0.6) is 0 Å². The lowest BCUT2D eigenvalue weighted by atomic mass is 10.0. The van der Waals surface area contributed by atoms with E-state index in [0.717, 1.165) is 16.6 Å². The van der Waals surface area contributed by atoms with E-state index in [0.29, 0.717) is 28.8 Å². The smallest absolute Gasteiger partial charge is 0.241 e. The predicted molar refractivity (Wildman–Crippen MR) is 115 cm³/mol. The Morgan fingerprint density at radius 3 is 2.68 bits per heavy atom. The van der Waals surface area contributed by atoms with Crippen molar-refractivity contribution >= 4 is 51.5 Å². The van der Waals surface area contributed by atoms with Gasteiger partial charge < -0.3 is 16.4 Å². The van der Waals surface area contributed by atoms with Gasteiger partial charge in [0.2, 0.25) is 5.91 Å². The number of hydrogen-bond donors (Lipinski definition) is 3. The Bertz CT molecular complexity index is 977. The van der Waals surface area contributed by atoms with E-state index in [1.54, 1.807) is 18.2 Å². The van der Waals surface area contributed by atoms with E-state index in [1.807, 2.05) is 24.3 Å². The third-order valence-corrected chi connectivity index (χ3v) is 4.21. The van der Waals surface area contributed by atoms with Gasteiger partial charge in [-0.1, -0.05) is 23.7 Å². The molecule has 144 valence electrons. The molecule has 1 atom stereocenters. The number of carbonyl (C=O) groups is 1. The van der Waals surface area contributed by atoms with E-state index in [-0.39, 0.29) is 5.91 Å². The SMILES string of the molecule is C#C.NC(C(=O)NCCCl)c1ccc2ncnc(Nc3cccc(Cl)c3)c2c1. The van der Waals surface area contributed by atoms with Crippen LogP contribution in [-0.4, -0.2) is 28.3 Å². The first-order valence-electron chi connectivity index (χ1n) is 8.28. The number of fused-ring (bicyclic) bond motifs is 1. The fourth-order valence-corrected chi connectivity index (χ4v) is 2.79. The number of nitrogens with zero attached hydrogens (tertiary/aromatic N) is 2. The van der Waals surface area contributed by atoms with Crippen LogP contribution in [0.3, 0.4) is 0 Å². The zero-order valence-electron chi connectivity index (χ0n) is 14.9. The molecule has 2 aromatic carbocycles. The fourth-order valence-electron chi connectivity index (χ4n) is 2.50. The van der Waals surface area contributed by atoms with E-state index < -0.39 is 6.04 Å². The Morgan fingerprint density at radius 2 is 1.96 bits per heavy atom. The number of halogens is 2. The average Bonchev–Trinajstić information content (AvgIpc) is 2.73. The number of carbonyl (C=O) groups excluding carboxylic acids is 1. The van der Waals surface area contributed by atoms with Crippen LogP contribution in [0.4, 0.5) is 11.5 Å². The number of nitrogens with two attached hydrogens (primary N) is 1. The van der Waals surface area contributed by atoms with E-state index in [9.17, 15) is 4.79 Å². The quantitative estimate of drug-likeness (QED) is 0.422. The highest BCUT2D eigenvalue weighted by Crippen LogP contribution is 2.26. The van der Waals surface area contributed by atoms with Crippen LogP contribution >= 0.6 is 23.2 Å². The standard InChI is InChI=1S/C18H17Cl2N5O.C2H2/c19-6-7-22-18(26)16(21)11-4-5-15-14(8-11)17(24-10-23-15)25-13-3-1-2-12(20)9-13;1-2/h1-5,8-10,16H,6-7,21H2,(H,22,26)(H,23,24,25);1-2H. The van der Waals surface area contributed by atoms with Crippen molar-refractivity contribution < 1.29 is 4.79 Å². The summed E-state index contributed by atoms with van der Waals surface area (Å²) in [4.78, 5) is 20.7. The Labute approximate surface area is 173 Å². The summed E-state index contributed by atoms with van der Waals surface area (Å²) in [5.74, 6) is 0.649. The van der Waals surface area contributed by atoms with Crippen molar-refractivity contribution in [1.82, 2.24) is 15.3 Å². The topological polar surface area (TPSA) is 92.9 Å². The Balaban J connectivity index is 0.00000136. The van der Waals surface area contributed by atoms with Gasteiger partial charge in [0.15, 0.2) is 0 Å². The normalized spacial score (nSPS) is 11.2. The van der Waals surface area contributed by atoms with Crippen molar-refractivity contribution in [3.63, 3.8) is 0 Å². The number of terminal acetylenes is 1. The first-order valence-corrected chi connectivity index (χ1v) is 9.19. The zero-order chi connectivity index (χ0) is 20.5. The highest BCUT2D eigenvalue weighted by atomic mass is 35.5. The molecule has 4 N–H and O–H groups in total. The monoisotopic (exact) mass is 415 g/mol. The summed E-state index contributed by atoms with van der Waals surface area (Å²) in [6.45, 7) is 0.367. The highest BCUT2D eigenvalue weighted by Gasteiger charge is 2.16. The molecule has 0 bridgehead atoms. The van der Waals surface area contributed by atoms with Crippen molar-refractivity contribution in [2.24, 2.45) is 5.73 Å². The molecule has 0 saturated heterocycles. The van der Waals surface area contributed by atoms with Crippen LogP contribution in [0.2, 0.25) is 5.02 Å². The van der Waals surface area contributed by atoms with Crippen molar-refractivity contribution in [2.75, 3.05) is 17.7 Å². The van der Waals surface area contributed by atoms with Crippen LogP contribution in [0, 0.1) is 12.8 Å². The first-order chi connectivity index (χ1) is 13.6. The zero-order valence-corrected chi connectivity index (χ0v) is 16.4. The minimum absolute atomic E-state index is 0.286. The van der Waals surface area contributed by atoms with Gasteiger partial charge >= 0.3 is 0 Å². The Kier molecular flexibility index (Phi) is 8.02. The molecule has 1 aromatic heterocycles. The molecule has 0 aliphatic carbocycles. The van der Waals surface area contributed by atoms with Crippen molar-refractivity contribution in [3.05, 3.63) is 59.4 Å². The summed E-state index contributed by atoms with van der Waals surface area (Å²) in [6, 6.07) is 11.9. The second kappa shape index (κ2) is 10.5. The van der Waals surface area contributed by atoms with Gasteiger partial charge in [0.05, 0.1) is 5.52 Å². The molecule has 1 heterocycles. The van der Waals surface area contributed by atoms with Gasteiger partial charge in [-0.3, -0.25) is 4.79 Å². The molecular formula is C20H19Cl2N5O. The van der Waals surface area contributed by atoms with Crippen molar-refractivity contribution in [2.45, 2.75) is 6.04 Å². The molecule has 0 aliphatic heterocycles. The van der Waals surface area contributed by atoms with E-state index in [4.69, 9.17) is 28.9 Å². The number of amides is 1. The number of nitrogens with one attached hydrogen (secondary N) is 2. The fraction of sp³-hybridized carbons (Fsp3) is 0.150. The molecule has 1 amide bonds. The van der Waals surface area contributed by atoms with Gasteiger partial charge in [0.25, 0.3) is 0 Å². The molecule has 0 fully saturated rings. The molecule has 0 saturated carbocycles. The summed E-state index contributed by atoms with van der Waals surface area (Å²) in [6.07, 6.45) is 9.47. The molecule has 1 unspecified atom stereocenters. The lowest BCUT2D eigenvalue weighted by Gasteiger charge is -2.14. The van der Waals surface area contributed by atoms with Crippen molar-refractivity contribution in [3.8, 4) is 12.8 Å². The molecule has 0 spiro atoms. The second-order valence-electron chi connectivity index (χ2n) is 5.59. The van der Waals surface area contributed by atoms with Gasteiger partial charge in [-0.05, 0) is 35.9 Å². The maximum atomic E-state index is 12.1. The molecule has 3 rings (SSSR count). The summed E-state index contributed by atoms with van der Waals surface area (Å²) >= 11 is 11.6. The number of hydrogen-bond acceptors (Lipinski definition) is 5.